The van der Waals surface area contributed by atoms with Crippen LogP contribution in [0.25, 0.3) is 10.9 Å². The van der Waals surface area contributed by atoms with Crippen molar-refractivity contribution < 1.29 is 4.79 Å². The topological polar surface area (TPSA) is 43.1 Å². The maximum absolute atomic E-state index is 13.3. The Morgan fingerprint density at radius 3 is 3.00 bits per heavy atom. The number of unbranched alkanes of at least 4 members (excludes halogenated alkanes) is 1. The molecule has 0 aliphatic carbocycles. The number of likely N-dealkylation sites (tertiary alicyclic amines) is 1. The van der Waals surface area contributed by atoms with Crippen LogP contribution >= 0.6 is 0 Å². The molecular weight excluding hydrogens is 336 g/mol. The lowest BCUT2D eigenvalue weighted by Crippen LogP contribution is -2.39. The summed E-state index contributed by atoms with van der Waals surface area (Å²) in [6.45, 7) is 4.81. The van der Waals surface area contributed by atoms with E-state index in [2.05, 4.69) is 28.7 Å². The number of amides is 1. The SMILES string of the molecule is CCCCn1ccnc1[C@H]1CCCN(C(=O)c2cn(C)c3ccccc23)C1. The molecule has 0 N–H and O–H groups in total. The maximum Gasteiger partial charge on any atom is 0.256 e. The van der Waals surface area contributed by atoms with E-state index in [1.54, 1.807) is 0 Å². The van der Waals surface area contributed by atoms with Gasteiger partial charge in [-0.15, -0.1) is 0 Å². The normalized spacial score (nSPS) is 17.6. The fourth-order valence-electron chi connectivity index (χ4n) is 4.25. The Bertz CT molecular complexity index is 939. The fourth-order valence-corrected chi connectivity index (χ4v) is 4.25. The molecule has 3 aromatic rings. The number of hydrogen-bond acceptors (Lipinski definition) is 2. The summed E-state index contributed by atoms with van der Waals surface area (Å²) in [4.78, 5) is 19.9. The average Bonchev–Trinajstić information content (AvgIpc) is 3.31. The second kappa shape index (κ2) is 7.59. The Hall–Kier alpha value is -2.56. The van der Waals surface area contributed by atoms with Crippen LogP contribution in [-0.2, 0) is 13.6 Å². The van der Waals surface area contributed by atoms with Crippen molar-refractivity contribution in [2.75, 3.05) is 13.1 Å². The monoisotopic (exact) mass is 364 g/mol. The molecule has 4 rings (SSSR count). The average molecular weight is 364 g/mol. The number of piperidine rings is 1. The number of nitrogens with zero attached hydrogens (tertiary/aromatic N) is 4. The van der Waals surface area contributed by atoms with Gasteiger partial charge in [-0.2, -0.15) is 0 Å². The summed E-state index contributed by atoms with van der Waals surface area (Å²) in [6, 6.07) is 8.13. The minimum atomic E-state index is 0.142. The molecule has 1 amide bonds. The molecule has 3 heterocycles. The van der Waals surface area contributed by atoms with Gasteiger partial charge in [-0.05, 0) is 25.3 Å². The van der Waals surface area contributed by atoms with Gasteiger partial charge in [0.05, 0.1) is 5.56 Å². The number of rotatable bonds is 5. The largest absolute Gasteiger partial charge is 0.350 e. The van der Waals surface area contributed by atoms with Crippen molar-refractivity contribution in [3.8, 4) is 0 Å². The van der Waals surface area contributed by atoms with E-state index in [4.69, 9.17) is 0 Å². The molecule has 0 unspecified atom stereocenters. The zero-order valence-electron chi connectivity index (χ0n) is 16.3. The van der Waals surface area contributed by atoms with Crippen LogP contribution in [0.3, 0.4) is 0 Å². The number of para-hydroxylation sites is 1. The minimum absolute atomic E-state index is 0.142. The predicted molar refractivity (Wildman–Crippen MR) is 108 cm³/mol. The number of benzene rings is 1. The van der Waals surface area contributed by atoms with Crippen molar-refractivity contribution in [2.45, 2.75) is 45.1 Å². The number of aryl methyl sites for hydroxylation is 2. The van der Waals surface area contributed by atoms with Crippen LogP contribution in [0.1, 0.15) is 54.7 Å². The highest BCUT2D eigenvalue weighted by Gasteiger charge is 2.29. The van der Waals surface area contributed by atoms with Crippen molar-refractivity contribution >= 4 is 16.8 Å². The van der Waals surface area contributed by atoms with E-state index in [1.165, 1.54) is 6.42 Å². The molecule has 0 spiro atoms. The molecule has 0 radical (unpaired) electrons. The van der Waals surface area contributed by atoms with Gasteiger partial charge in [0.15, 0.2) is 0 Å². The van der Waals surface area contributed by atoms with Gasteiger partial charge in [0.2, 0.25) is 0 Å². The maximum atomic E-state index is 13.3. The van der Waals surface area contributed by atoms with Crippen molar-refractivity contribution in [1.82, 2.24) is 19.0 Å². The van der Waals surface area contributed by atoms with Crippen LogP contribution in [0.4, 0.5) is 0 Å². The summed E-state index contributed by atoms with van der Waals surface area (Å²) in [5.41, 5.74) is 1.91. The van der Waals surface area contributed by atoms with Crippen LogP contribution < -0.4 is 0 Å². The first-order valence-electron chi connectivity index (χ1n) is 10.0. The summed E-state index contributed by atoms with van der Waals surface area (Å²) in [5, 5.41) is 1.04. The number of carbonyl (C=O) groups is 1. The van der Waals surface area contributed by atoms with Crippen molar-refractivity contribution in [2.24, 2.45) is 7.05 Å². The molecular formula is C22H28N4O. The molecule has 5 heteroatoms. The summed E-state index contributed by atoms with van der Waals surface area (Å²) >= 11 is 0. The lowest BCUT2D eigenvalue weighted by Gasteiger charge is -2.32. The summed E-state index contributed by atoms with van der Waals surface area (Å²) in [5.74, 6) is 1.60. The van der Waals surface area contributed by atoms with Gasteiger partial charge in [0.25, 0.3) is 5.91 Å². The van der Waals surface area contributed by atoms with Gasteiger partial charge in [-0.3, -0.25) is 4.79 Å². The zero-order chi connectivity index (χ0) is 18.8. The van der Waals surface area contributed by atoms with E-state index in [-0.39, 0.29) is 5.91 Å². The minimum Gasteiger partial charge on any atom is -0.350 e. The van der Waals surface area contributed by atoms with Gasteiger partial charge in [-0.1, -0.05) is 31.5 Å². The first kappa shape index (κ1) is 17.8. The van der Waals surface area contributed by atoms with E-state index in [0.717, 1.165) is 61.2 Å². The second-order valence-corrected chi connectivity index (χ2v) is 7.59. The highest BCUT2D eigenvalue weighted by Crippen LogP contribution is 2.29. The van der Waals surface area contributed by atoms with Crippen LogP contribution in [-0.4, -0.2) is 38.0 Å². The fraction of sp³-hybridized carbons (Fsp3) is 0.455. The lowest BCUT2D eigenvalue weighted by molar-refractivity contribution is 0.0705. The summed E-state index contributed by atoms with van der Waals surface area (Å²) in [6.07, 6.45) is 10.4. The number of imidazole rings is 1. The summed E-state index contributed by atoms with van der Waals surface area (Å²) < 4.78 is 4.32. The molecule has 1 aromatic carbocycles. The third-order valence-corrected chi connectivity index (χ3v) is 5.70. The molecule has 2 aromatic heterocycles. The molecule has 1 aliphatic heterocycles. The molecule has 1 aliphatic rings. The molecule has 0 saturated carbocycles. The van der Waals surface area contributed by atoms with Gasteiger partial charge in [0, 0.05) is 62.1 Å². The van der Waals surface area contributed by atoms with Gasteiger partial charge < -0.3 is 14.0 Å². The third-order valence-electron chi connectivity index (χ3n) is 5.70. The van der Waals surface area contributed by atoms with E-state index < -0.39 is 0 Å². The molecule has 1 saturated heterocycles. The Balaban J connectivity index is 1.56. The van der Waals surface area contributed by atoms with E-state index in [0.29, 0.717) is 5.92 Å². The third kappa shape index (κ3) is 3.38. The van der Waals surface area contributed by atoms with Gasteiger partial charge >= 0.3 is 0 Å². The van der Waals surface area contributed by atoms with Crippen molar-refractivity contribution in [3.05, 3.63) is 54.2 Å². The van der Waals surface area contributed by atoms with E-state index >= 15 is 0 Å². The molecule has 1 atom stereocenters. The molecule has 0 bridgehead atoms. The number of aromatic nitrogens is 3. The lowest BCUT2D eigenvalue weighted by atomic mass is 9.96. The first-order valence-corrected chi connectivity index (χ1v) is 10.0. The highest BCUT2D eigenvalue weighted by atomic mass is 16.2. The molecule has 142 valence electrons. The quantitative estimate of drug-likeness (QED) is 0.681. The number of hydrogen-bond donors (Lipinski definition) is 0. The molecule has 1 fully saturated rings. The zero-order valence-corrected chi connectivity index (χ0v) is 16.3. The molecule has 27 heavy (non-hydrogen) atoms. The van der Waals surface area contributed by atoms with Gasteiger partial charge in [0.1, 0.15) is 5.82 Å². The van der Waals surface area contributed by atoms with E-state index in [9.17, 15) is 4.79 Å². The number of carbonyl (C=O) groups excluding carboxylic acids is 1. The second-order valence-electron chi connectivity index (χ2n) is 7.59. The first-order chi connectivity index (χ1) is 13.2. The van der Waals surface area contributed by atoms with Crippen LogP contribution in [0.15, 0.2) is 42.9 Å². The Morgan fingerprint density at radius 1 is 1.30 bits per heavy atom. The number of fused-ring (bicyclic) bond motifs is 1. The standard InChI is InChI=1S/C22H28N4O/c1-3-4-12-25-14-11-23-21(25)17-8-7-13-26(15-17)22(27)19-16-24(2)20-10-6-5-9-18(19)20/h5-6,9-11,14,16-17H,3-4,7-8,12-13,15H2,1-2H3/t17-/m0/s1. The summed E-state index contributed by atoms with van der Waals surface area (Å²) in [7, 11) is 2.00. The van der Waals surface area contributed by atoms with Crippen molar-refractivity contribution in [3.63, 3.8) is 0 Å². The molecule has 5 nitrogen and oxygen atoms in total. The smallest absolute Gasteiger partial charge is 0.256 e. The Kier molecular flexibility index (Phi) is 5.01. The van der Waals surface area contributed by atoms with Crippen LogP contribution in [0.2, 0.25) is 0 Å². The Labute approximate surface area is 160 Å². The highest BCUT2D eigenvalue weighted by molar-refractivity contribution is 6.07. The van der Waals surface area contributed by atoms with Crippen LogP contribution in [0.5, 0.6) is 0 Å². The predicted octanol–water partition coefficient (Wildman–Crippen LogP) is 4.19. The van der Waals surface area contributed by atoms with Crippen LogP contribution in [0, 0.1) is 0 Å². The van der Waals surface area contributed by atoms with E-state index in [1.807, 2.05) is 47.1 Å². The van der Waals surface area contributed by atoms with Crippen molar-refractivity contribution in [1.29, 1.82) is 0 Å². The van der Waals surface area contributed by atoms with Gasteiger partial charge in [-0.25, -0.2) is 4.98 Å². The Morgan fingerprint density at radius 2 is 2.15 bits per heavy atom.